The zero-order valence-corrected chi connectivity index (χ0v) is 12.1. The summed E-state index contributed by atoms with van der Waals surface area (Å²) in [5.74, 6) is -1.86. The molecule has 1 fully saturated rings. The highest BCUT2D eigenvalue weighted by Gasteiger charge is 2.34. The van der Waals surface area contributed by atoms with Crippen LogP contribution in [-0.4, -0.2) is 42.4 Å². The second-order valence-corrected chi connectivity index (χ2v) is 7.63. The van der Waals surface area contributed by atoms with Gasteiger partial charge in [0, 0.05) is 6.92 Å². The lowest BCUT2D eigenvalue weighted by Crippen LogP contribution is -2.46. The van der Waals surface area contributed by atoms with Crippen LogP contribution in [0.15, 0.2) is 0 Å². The van der Waals surface area contributed by atoms with Crippen LogP contribution >= 0.6 is 0 Å². The van der Waals surface area contributed by atoms with E-state index in [-0.39, 0.29) is 0 Å². The lowest BCUT2D eigenvalue weighted by atomic mass is 9.91. The molecule has 110 valence electrons. The number of aliphatic carboxylic acids is 1. The minimum absolute atomic E-state index is 0.473. The molecule has 0 saturated heterocycles. The maximum atomic E-state index is 12.2. The minimum Gasteiger partial charge on any atom is -0.480 e. The standard InChI is InChI=1S/C12H21NO5S/c1-8-3-5-10(6-4-8)19(17,18)7-11(12(15)16)13-9(2)14/h8,10-11H,3-7H2,1-2H3,(H,13,14)(H,15,16)/t8?,10?,11-/m0/s1. The number of nitrogens with one attached hydrogen (secondary N) is 1. The summed E-state index contributed by atoms with van der Waals surface area (Å²) in [5.41, 5.74) is 0. The molecule has 2 N–H and O–H groups in total. The van der Waals surface area contributed by atoms with Crippen LogP contribution in [0.4, 0.5) is 0 Å². The molecule has 0 radical (unpaired) electrons. The molecule has 0 aromatic rings. The van der Waals surface area contributed by atoms with Crippen molar-refractivity contribution in [2.24, 2.45) is 5.92 Å². The van der Waals surface area contributed by atoms with Crippen LogP contribution in [0.5, 0.6) is 0 Å². The third-order valence-electron chi connectivity index (χ3n) is 3.55. The highest BCUT2D eigenvalue weighted by atomic mass is 32.2. The molecule has 7 heteroatoms. The predicted octanol–water partition coefficient (Wildman–Crippen LogP) is 0.569. The molecule has 1 atom stereocenters. The van der Waals surface area contributed by atoms with Gasteiger partial charge in [-0.1, -0.05) is 6.92 Å². The third kappa shape index (κ3) is 4.81. The molecule has 0 aromatic carbocycles. The Labute approximate surface area is 113 Å². The molecule has 0 heterocycles. The van der Waals surface area contributed by atoms with E-state index in [2.05, 4.69) is 12.2 Å². The molecule has 1 rings (SSSR count). The number of carboxylic acids is 1. The first-order chi connectivity index (χ1) is 8.72. The predicted molar refractivity (Wildman–Crippen MR) is 70.4 cm³/mol. The van der Waals surface area contributed by atoms with Crippen molar-refractivity contribution in [3.8, 4) is 0 Å². The highest BCUT2D eigenvalue weighted by molar-refractivity contribution is 7.92. The molecule has 0 unspecified atom stereocenters. The first kappa shape index (κ1) is 15.9. The van der Waals surface area contributed by atoms with E-state index in [0.29, 0.717) is 18.8 Å². The topological polar surface area (TPSA) is 101 Å². The summed E-state index contributed by atoms with van der Waals surface area (Å²) in [5, 5.41) is 10.6. The van der Waals surface area contributed by atoms with Crippen molar-refractivity contribution in [1.29, 1.82) is 0 Å². The number of sulfone groups is 1. The molecule has 1 amide bonds. The summed E-state index contributed by atoms with van der Waals surface area (Å²) in [4.78, 5) is 21.9. The van der Waals surface area contributed by atoms with Gasteiger partial charge < -0.3 is 10.4 Å². The summed E-state index contributed by atoms with van der Waals surface area (Å²) >= 11 is 0. The largest absolute Gasteiger partial charge is 0.480 e. The van der Waals surface area contributed by atoms with Crippen molar-refractivity contribution in [1.82, 2.24) is 5.32 Å². The van der Waals surface area contributed by atoms with Crippen LogP contribution in [0.25, 0.3) is 0 Å². The molecule has 0 spiro atoms. The van der Waals surface area contributed by atoms with Gasteiger partial charge in [-0.2, -0.15) is 0 Å². The van der Waals surface area contributed by atoms with Gasteiger partial charge in [-0.3, -0.25) is 4.79 Å². The second kappa shape index (κ2) is 6.36. The zero-order chi connectivity index (χ0) is 14.6. The number of rotatable bonds is 5. The molecule has 1 aliphatic carbocycles. The lowest BCUT2D eigenvalue weighted by molar-refractivity contribution is -0.140. The zero-order valence-electron chi connectivity index (χ0n) is 11.3. The van der Waals surface area contributed by atoms with Crippen molar-refractivity contribution in [3.63, 3.8) is 0 Å². The van der Waals surface area contributed by atoms with Gasteiger partial charge in [0.2, 0.25) is 5.91 Å². The molecule has 0 bridgehead atoms. The first-order valence-corrected chi connectivity index (χ1v) is 8.15. The molecular formula is C12H21NO5S. The van der Waals surface area contributed by atoms with Gasteiger partial charge in [-0.15, -0.1) is 0 Å². The molecule has 0 aliphatic heterocycles. The summed E-state index contributed by atoms with van der Waals surface area (Å²) in [7, 11) is -3.49. The summed E-state index contributed by atoms with van der Waals surface area (Å²) in [6.07, 6.45) is 2.86. The van der Waals surface area contributed by atoms with E-state index in [1.165, 1.54) is 6.92 Å². The molecule has 1 saturated carbocycles. The van der Waals surface area contributed by atoms with Crippen molar-refractivity contribution < 1.29 is 23.1 Å². The minimum atomic E-state index is -3.49. The lowest BCUT2D eigenvalue weighted by Gasteiger charge is -2.27. The average molecular weight is 291 g/mol. The summed E-state index contributed by atoms with van der Waals surface area (Å²) in [6, 6.07) is -1.36. The molecular weight excluding hydrogens is 270 g/mol. The number of carboxylic acid groups (broad SMARTS) is 1. The van der Waals surface area contributed by atoms with E-state index >= 15 is 0 Å². The quantitative estimate of drug-likeness (QED) is 0.771. The Balaban J connectivity index is 2.71. The van der Waals surface area contributed by atoms with E-state index in [4.69, 9.17) is 5.11 Å². The van der Waals surface area contributed by atoms with Crippen LogP contribution in [0, 0.1) is 5.92 Å². The summed E-state index contributed by atoms with van der Waals surface area (Å²) in [6.45, 7) is 3.26. The Hall–Kier alpha value is -1.11. The average Bonchev–Trinajstić information content (AvgIpc) is 2.27. The fourth-order valence-electron chi connectivity index (χ4n) is 2.38. The van der Waals surface area contributed by atoms with Crippen LogP contribution in [0.3, 0.4) is 0 Å². The van der Waals surface area contributed by atoms with Crippen molar-refractivity contribution >= 4 is 21.7 Å². The number of amides is 1. The smallest absolute Gasteiger partial charge is 0.327 e. The Morgan fingerprint density at radius 2 is 1.79 bits per heavy atom. The van der Waals surface area contributed by atoms with Gasteiger partial charge in [0.1, 0.15) is 6.04 Å². The van der Waals surface area contributed by atoms with E-state index in [1.54, 1.807) is 0 Å². The molecule has 6 nitrogen and oxygen atoms in total. The van der Waals surface area contributed by atoms with E-state index in [1.807, 2.05) is 0 Å². The SMILES string of the molecule is CC(=O)N[C@@H](CS(=O)(=O)C1CCC(C)CC1)C(=O)O. The van der Waals surface area contributed by atoms with Crippen LogP contribution in [0.2, 0.25) is 0 Å². The molecule has 19 heavy (non-hydrogen) atoms. The number of carbonyl (C=O) groups is 2. The van der Waals surface area contributed by atoms with Crippen LogP contribution in [-0.2, 0) is 19.4 Å². The number of carbonyl (C=O) groups excluding carboxylic acids is 1. The Kier molecular flexibility index (Phi) is 5.34. The van der Waals surface area contributed by atoms with Crippen molar-refractivity contribution in [2.75, 3.05) is 5.75 Å². The van der Waals surface area contributed by atoms with E-state index in [0.717, 1.165) is 12.8 Å². The molecule has 1 aliphatic rings. The van der Waals surface area contributed by atoms with Gasteiger partial charge in [-0.25, -0.2) is 13.2 Å². The molecule has 0 aromatic heterocycles. The van der Waals surface area contributed by atoms with Crippen molar-refractivity contribution in [2.45, 2.75) is 50.8 Å². The van der Waals surface area contributed by atoms with E-state index in [9.17, 15) is 18.0 Å². The fraction of sp³-hybridized carbons (Fsp3) is 0.833. The first-order valence-electron chi connectivity index (χ1n) is 6.44. The van der Waals surface area contributed by atoms with Crippen LogP contribution in [0.1, 0.15) is 39.5 Å². The van der Waals surface area contributed by atoms with Gasteiger partial charge in [0.25, 0.3) is 0 Å². The Bertz CT molecular complexity index is 437. The van der Waals surface area contributed by atoms with E-state index < -0.39 is 38.8 Å². The van der Waals surface area contributed by atoms with Gasteiger partial charge in [0.05, 0.1) is 11.0 Å². The monoisotopic (exact) mass is 291 g/mol. The number of hydrogen-bond acceptors (Lipinski definition) is 4. The highest BCUT2D eigenvalue weighted by Crippen LogP contribution is 2.28. The van der Waals surface area contributed by atoms with Gasteiger partial charge in [-0.05, 0) is 31.6 Å². The fourth-order valence-corrected chi connectivity index (χ4v) is 4.33. The Morgan fingerprint density at radius 1 is 1.26 bits per heavy atom. The second-order valence-electron chi connectivity index (χ2n) is 5.30. The summed E-state index contributed by atoms with van der Waals surface area (Å²) < 4.78 is 24.3. The van der Waals surface area contributed by atoms with Gasteiger partial charge in [0.15, 0.2) is 9.84 Å². The van der Waals surface area contributed by atoms with Crippen LogP contribution < -0.4 is 5.32 Å². The maximum absolute atomic E-state index is 12.2. The Morgan fingerprint density at radius 3 is 2.21 bits per heavy atom. The third-order valence-corrected chi connectivity index (χ3v) is 5.83. The number of hydrogen-bond donors (Lipinski definition) is 2. The normalized spacial score (nSPS) is 25.6. The van der Waals surface area contributed by atoms with Crippen molar-refractivity contribution in [3.05, 3.63) is 0 Å². The van der Waals surface area contributed by atoms with Gasteiger partial charge >= 0.3 is 5.97 Å². The maximum Gasteiger partial charge on any atom is 0.327 e.